The van der Waals surface area contributed by atoms with Gasteiger partial charge in [-0.25, -0.2) is 0 Å². The molecule has 0 amide bonds. The van der Waals surface area contributed by atoms with Gasteiger partial charge >= 0.3 is 6.61 Å². The lowest BCUT2D eigenvalue weighted by Crippen LogP contribution is -2.33. The van der Waals surface area contributed by atoms with Gasteiger partial charge in [-0.05, 0) is 29.9 Å². The number of hydrogen-bond donors (Lipinski definition) is 1. The summed E-state index contributed by atoms with van der Waals surface area (Å²) < 4.78 is 28.1. The number of benzene rings is 1. The van der Waals surface area contributed by atoms with E-state index < -0.39 is 6.61 Å². The first-order valence-electron chi connectivity index (χ1n) is 4.99. The Morgan fingerprint density at radius 2 is 2.00 bits per heavy atom. The molecular weight excluding hydrogens is 246 g/mol. The SMILES string of the molecule is CNC(=S)N(C)Cc1ccc(OC(F)F)cc1. The maximum Gasteiger partial charge on any atom is 0.387 e. The molecule has 0 bridgehead atoms. The van der Waals surface area contributed by atoms with Gasteiger partial charge in [0.1, 0.15) is 5.75 Å². The van der Waals surface area contributed by atoms with Crippen molar-refractivity contribution in [2.75, 3.05) is 14.1 Å². The minimum Gasteiger partial charge on any atom is -0.435 e. The molecule has 94 valence electrons. The van der Waals surface area contributed by atoms with Crippen molar-refractivity contribution in [3.05, 3.63) is 29.8 Å². The molecule has 1 aromatic carbocycles. The van der Waals surface area contributed by atoms with Crippen molar-refractivity contribution in [1.82, 2.24) is 10.2 Å². The van der Waals surface area contributed by atoms with Crippen LogP contribution in [0, 0.1) is 0 Å². The van der Waals surface area contributed by atoms with Gasteiger partial charge in [-0.1, -0.05) is 12.1 Å². The first-order valence-corrected chi connectivity index (χ1v) is 5.40. The number of hydrogen-bond acceptors (Lipinski definition) is 2. The second-order valence-electron chi connectivity index (χ2n) is 3.43. The highest BCUT2D eigenvalue weighted by atomic mass is 32.1. The zero-order valence-electron chi connectivity index (χ0n) is 9.61. The third kappa shape index (κ3) is 4.52. The Bertz CT molecular complexity index is 370. The Kier molecular flexibility index (Phi) is 5.09. The Morgan fingerprint density at radius 1 is 1.41 bits per heavy atom. The van der Waals surface area contributed by atoms with Crippen LogP contribution in [0.2, 0.25) is 0 Å². The van der Waals surface area contributed by atoms with Gasteiger partial charge in [-0.3, -0.25) is 0 Å². The summed E-state index contributed by atoms with van der Waals surface area (Å²) in [6.07, 6.45) is 0. The number of nitrogens with zero attached hydrogens (tertiary/aromatic N) is 1. The fraction of sp³-hybridized carbons (Fsp3) is 0.364. The smallest absolute Gasteiger partial charge is 0.387 e. The standard InChI is InChI=1S/C11H14F2N2OS/c1-14-11(17)15(2)7-8-3-5-9(6-4-8)16-10(12)13/h3-6,10H,7H2,1-2H3,(H,14,17). The summed E-state index contributed by atoms with van der Waals surface area (Å²) >= 11 is 5.05. The second-order valence-corrected chi connectivity index (χ2v) is 3.82. The highest BCUT2D eigenvalue weighted by Crippen LogP contribution is 2.15. The number of thiocarbonyl (C=S) groups is 1. The third-order valence-electron chi connectivity index (χ3n) is 2.13. The van der Waals surface area contributed by atoms with Crippen molar-refractivity contribution in [2.24, 2.45) is 0 Å². The monoisotopic (exact) mass is 260 g/mol. The summed E-state index contributed by atoms with van der Waals surface area (Å²) in [5.41, 5.74) is 0.965. The molecule has 0 saturated heterocycles. The Labute approximate surface area is 104 Å². The molecule has 0 aliphatic carbocycles. The molecule has 6 heteroatoms. The highest BCUT2D eigenvalue weighted by Gasteiger charge is 2.05. The first kappa shape index (κ1) is 13.6. The molecule has 0 saturated carbocycles. The molecular formula is C11H14F2N2OS. The minimum absolute atomic E-state index is 0.155. The van der Waals surface area contributed by atoms with E-state index in [1.165, 1.54) is 12.1 Å². The lowest BCUT2D eigenvalue weighted by Gasteiger charge is -2.19. The molecule has 0 spiro atoms. The maximum absolute atomic E-state index is 11.9. The largest absolute Gasteiger partial charge is 0.435 e. The van der Waals surface area contributed by atoms with Crippen LogP contribution in [0.3, 0.4) is 0 Å². The summed E-state index contributed by atoms with van der Waals surface area (Å²) in [6.45, 7) is -2.19. The third-order valence-corrected chi connectivity index (χ3v) is 2.64. The molecule has 1 rings (SSSR count). The molecule has 0 aliphatic rings. The zero-order chi connectivity index (χ0) is 12.8. The van der Waals surface area contributed by atoms with Crippen LogP contribution in [-0.4, -0.2) is 30.7 Å². The molecule has 1 N–H and O–H groups in total. The summed E-state index contributed by atoms with van der Waals surface area (Å²) in [6, 6.07) is 6.48. The molecule has 0 atom stereocenters. The summed E-state index contributed by atoms with van der Waals surface area (Å²) in [7, 11) is 3.60. The quantitative estimate of drug-likeness (QED) is 0.839. The second kappa shape index (κ2) is 6.34. The summed E-state index contributed by atoms with van der Waals surface area (Å²) in [5.74, 6) is 0.155. The highest BCUT2D eigenvalue weighted by molar-refractivity contribution is 7.80. The molecule has 1 aromatic rings. The van der Waals surface area contributed by atoms with Crippen molar-refractivity contribution in [1.29, 1.82) is 0 Å². The molecule has 0 aliphatic heterocycles. The van der Waals surface area contributed by atoms with Gasteiger partial charge in [-0.15, -0.1) is 0 Å². The van der Waals surface area contributed by atoms with E-state index >= 15 is 0 Å². The molecule has 0 radical (unpaired) electrons. The Hall–Kier alpha value is -1.43. The van der Waals surface area contributed by atoms with Crippen molar-refractivity contribution in [3.63, 3.8) is 0 Å². The van der Waals surface area contributed by atoms with Gasteiger partial charge in [0.2, 0.25) is 0 Å². The Morgan fingerprint density at radius 3 is 2.47 bits per heavy atom. The van der Waals surface area contributed by atoms with E-state index in [9.17, 15) is 8.78 Å². The lowest BCUT2D eigenvalue weighted by atomic mass is 10.2. The van der Waals surface area contributed by atoms with E-state index in [0.717, 1.165) is 5.56 Å². The van der Waals surface area contributed by atoms with Gasteiger partial charge in [0.15, 0.2) is 5.11 Å². The fourth-order valence-corrected chi connectivity index (χ4v) is 1.38. The fourth-order valence-electron chi connectivity index (χ4n) is 1.31. The molecule has 3 nitrogen and oxygen atoms in total. The van der Waals surface area contributed by atoms with E-state index in [2.05, 4.69) is 10.1 Å². The summed E-state index contributed by atoms with van der Waals surface area (Å²) in [4.78, 5) is 1.85. The minimum atomic E-state index is -2.79. The van der Waals surface area contributed by atoms with Crippen LogP contribution in [0.4, 0.5) is 8.78 Å². The number of nitrogens with one attached hydrogen (secondary N) is 1. The van der Waals surface area contributed by atoms with Crippen LogP contribution in [0.25, 0.3) is 0 Å². The molecule has 0 unspecified atom stereocenters. The average Bonchev–Trinajstić information content (AvgIpc) is 2.30. The first-order chi connectivity index (χ1) is 8.02. The average molecular weight is 260 g/mol. The van der Waals surface area contributed by atoms with Crippen LogP contribution in [0.15, 0.2) is 24.3 Å². The maximum atomic E-state index is 11.9. The van der Waals surface area contributed by atoms with Crippen molar-refractivity contribution >= 4 is 17.3 Å². The number of halogens is 2. The van der Waals surface area contributed by atoms with E-state index in [1.54, 1.807) is 19.2 Å². The normalized spacial score (nSPS) is 10.2. The van der Waals surface area contributed by atoms with Crippen LogP contribution in [-0.2, 0) is 6.54 Å². The van der Waals surface area contributed by atoms with Gasteiger partial charge < -0.3 is 15.0 Å². The van der Waals surface area contributed by atoms with E-state index in [-0.39, 0.29) is 5.75 Å². The van der Waals surface area contributed by atoms with E-state index in [1.807, 2.05) is 11.9 Å². The van der Waals surface area contributed by atoms with Gasteiger partial charge in [0, 0.05) is 20.6 Å². The van der Waals surface area contributed by atoms with E-state index in [0.29, 0.717) is 11.7 Å². The summed E-state index contributed by atoms with van der Waals surface area (Å²) in [5, 5.41) is 3.48. The molecule has 0 fully saturated rings. The van der Waals surface area contributed by atoms with Crippen LogP contribution in [0.1, 0.15) is 5.56 Å². The van der Waals surface area contributed by atoms with Crippen LogP contribution in [0.5, 0.6) is 5.75 Å². The van der Waals surface area contributed by atoms with E-state index in [4.69, 9.17) is 12.2 Å². The van der Waals surface area contributed by atoms with Gasteiger partial charge in [0.05, 0.1) is 0 Å². The number of ether oxygens (including phenoxy) is 1. The number of rotatable bonds is 4. The predicted octanol–water partition coefficient (Wildman–Crippen LogP) is 2.22. The molecule has 0 aromatic heterocycles. The predicted molar refractivity (Wildman–Crippen MR) is 66.2 cm³/mol. The molecule has 0 heterocycles. The van der Waals surface area contributed by atoms with Crippen molar-refractivity contribution in [2.45, 2.75) is 13.2 Å². The Balaban J connectivity index is 2.59. The topological polar surface area (TPSA) is 24.5 Å². The van der Waals surface area contributed by atoms with Crippen molar-refractivity contribution < 1.29 is 13.5 Å². The molecule has 17 heavy (non-hydrogen) atoms. The van der Waals surface area contributed by atoms with Crippen LogP contribution < -0.4 is 10.1 Å². The van der Waals surface area contributed by atoms with Gasteiger partial charge in [-0.2, -0.15) is 8.78 Å². The van der Waals surface area contributed by atoms with Crippen LogP contribution >= 0.6 is 12.2 Å². The number of alkyl halides is 2. The van der Waals surface area contributed by atoms with Gasteiger partial charge in [0.25, 0.3) is 0 Å². The lowest BCUT2D eigenvalue weighted by molar-refractivity contribution is -0.0498. The van der Waals surface area contributed by atoms with Crippen molar-refractivity contribution in [3.8, 4) is 5.75 Å². The zero-order valence-corrected chi connectivity index (χ0v) is 10.4.